The first-order valence-electron chi connectivity index (χ1n) is 6.60. The van der Waals surface area contributed by atoms with Gasteiger partial charge in [-0.15, -0.1) is 0 Å². The quantitative estimate of drug-likeness (QED) is 0.362. The molecule has 0 fully saturated rings. The van der Waals surface area contributed by atoms with Gasteiger partial charge in [-0.25, -0.2) is 5.84 Å². The molecule has 0 atom stereocenters. The molecule has 106 valence electrons. The van der Waals surface area contributed by atoms with Crippen LogP contribution in [0, 0.1) is 0 Å². The molecule has 0 aliphatic carbocycles. The molecule has 19 heavy (non-hydrogen) atoms. The van der Waals surface area contributed by atoms with Gasteiger partial charge in [0.2, 0.25) is 5.91 Å². The molecule has 0 unspecified atom stereocenters. The summed E-state index contributed by atoms with van der Waals surface area (Å²) >= 11 is 0. The van der Waals surface area contributed by atoms with E-state index in [0.29, 0.717) is 13.0 Å². The van der Waals surface area contributed by atoms with Crippen LogP contribution in [0.2, 0.25) is 0 Å². The number of hydrogen-bond donors (Lipinski definition) is 3. The topological polar surface area (TPSA) is 78.6 Å². The Bertz CT molecular complexity index is 373. The van der Waals surface area contributed by atoms with E-state index in [1.54, 1.807) is 0 Å². The number of nitrogens with zero attached hydrogens (tertiary/aromatic N) is 1. The zero-order valence-corrected chi connectivity index (χ0v) is 11.4. The number of benzene rings is 1. The number of aliphatic hydroxyl groups excluding tert-OH is 1. The Kier molecular flexibility index (Phi) is 7.10. The van der Waals surface area contributed by atoms with Crippen LogP contribution in [0.4, 0.5) is 0 Å². The molecule has 1 rings (SSSR count). The Labute approximate surface area is 114 Å². The van der Waals surface area contributed by atoms with Crippen molar-refractivity contribution in [1.29, 1.82) is 0 Å². The highest BCUT2D eigenvalue weighted by atomic mass is 16.3. The fourth-order valence-corrected chi connectivity index (χ4v) is 1.98. The number of rotatable bonds is 8. The largest absolute Gasteiger partial charge is 0.395 e. The molecule has 0 saturated heterocycles. The van der Waals surface area contributed by atoms with Crippen LogP contribution in [-0.4, -0.2) is 35.6 Å². The van der Waals surface area contributed by atoms with E-state index in [1.807, 2.05) is 24.3 Å². The van der Waals surface area contributed by atoms with Crippen LogP contribution in [0.15, 0.2) is 24.3 Å². The number of hydrogen-bond acceptors (Lipinski definition) is 4. The van der Waals surface area contributed by atoms with Crippen molar-refractivity contribution < 1.29 is 9.90 Å². The first-order valence-corrected chi connectivity index (χ1v) is 6.60. The molecular formula is C14H23N3O2. The Balaban J connectivity index is 2.57. The standard InChI is InChI=1S/C14H23N3O2/c1-2-7-17(8-9-18)11-13-5-3-12(4-6-13)10-14(19)16-15/h3-6,18H,2,7-11,15H2,1H3,(H,16,19). The van der Waals surface area contributed by atoms with Crippen LogP contribution < -0.4 is 11.3 Å². The number of nitrogens with one attached hydrogen (secondary N) is 1. The third kappa shape index (κ3) is 5.83. The molecule has 0 spiro atoms. The third-order valence-electron chi connectivity index (χ3n) is 2.91. The first kappa shape index (κ1) is 15.6. The fraction of sp³-hybridized carbons (Fsp3) is 0.500. The van der Waals surface area contributed by atoms with Crippen molar-refractivity contribution in [3.63, 3.8) is 0 Å². The number of aliphatic hydroxyl groups is 1. The highest BCUT2D eigenvalue weighted by Gasteiger charge is 2.05. The molecule has 0 heterocycles. The van der Waals surface area contributed by atoms with Crippen molar-refractivity contribution in [3.8, 4) is 0 Å². The van der Waals surface area contributed by atoms with E-state index in [2.05, 4.69) is 17.2 Å². The first-order chi connectivity index (χ1) is 9.19. The molecule has 0 aliphatic rings. The Morgan fingerprint density at radius 3 is 2.42 bits per heavy atom. The fourth-order valence-electron chi connectivity index (χ4n) is 1.98. The maximum Gasteiger partial charge on any atom is 0.238 e. The van der Waals surface area contributed by atoms with Crippen LogP contribution in [-0.2, 0) is 17.8 Å². The second kappa shape index (κ2) is 8.63. The average Bonchev–Trinajstić information content (AvgIpc) is 2.41. The summed E-state index contributed by atoms with van der Waals surface area (Å²) in [6.45, 7) is 4.77. The van der Waals surface area contributed by atoms with Gasteiger partial charge in [-0.05, 0) is 24.1 Å². The van der Waals surface area contributed by atoms with E-state index < -0.39 is 0 Å². The average molecular weight is 265 g/mol. The SMILES string of the molecule is CCCN(CCO)Cc1ccc(CC(=O)NN)cc1. The predicted octanol–water partition coefficient (Wildman–Crippen LogP) is 0.423. The van der Waals surface area contributed by atoms with Crippen LogP contribution in [0.25, 0.3) is 0 Å². The minimum atomic E-state index is -0.194. The summed E-state index contributed by atoms with van der Waals surface area (Å²) in [7, 11) is 0. The summed E-state index contributed by atoms with van der Waals surface area (Å²) in [5.41, 5.74) is 4.24. The Morgan fingerprint density at radius 1 is 1.26 bits per heavy atom. The van der Waals surface area contributed by atoms with Gasteiger partial charge < -0.3 is 5.11 Å². The molecule has 0 radical (unpaired) electrons. The molecule has 1 amide bonds. The molecule has 0 bridgehead atoms. The highest BCUT2D eigenvalue weighted by molar-refractivity contribution is 5.77. The van der Waals surface area contributed by atoms with Gasteiger partial charge in [0.05, 0.1) is 13.0 Å². The van der Waals surface area contributed by atoms with Gasteiger partial charge in [0.15, 0.2) is 0 Å². The summed E-state index contributed by atoms with van der Waals surface area (Å²) in [4.78, 5) is 13.4. The molecule has 1 aromatic rings. The lowest BCUT2D eigenvalue weighted by molar-refractivity contribution is -0.120. The lowest BCUT2D eigenvalue weighted by Gasteiger charge is -2.20. The Hall–Kier alpha value is -1.43. The van der Waals surface area contributed by atoms with Gasteiger partial charge in [-0.2, -0.15) is 0 Å². The van der Waals surface area contributed by atoms with E-state index in [-0.39, 0.29) is 12.5 Å². The molecule has 1 aromatic carbocycles. The van der Waals surface area contributed by atoms with Crippen molar-refractivity contribution in [3.05, 3.63) is 35.4 Å². The van der Waals surface area contributed by atoms with Crippen molar-refractivity contribution in [2.45, 2.75) is 26.3 Å². The zero-order valence-electron chi connectivity index (χ0n) is 11.4. The number of carbonyl (C=O) groups excluding carboxylic acids is 1. The third-order valence-corrected chi connectivity index (χ3v) is 2.91. The van der Waals surface area contributed by atoms with Crippen LogP contribution in [0.5, 0.6) is 0 Å². The van der Waals surface area contributed by atoms with E-state index in [0.717, 1.165) is 25.1 Å². The molecular weight excluding hydrogens is 242 g/mol. The Morgan fingerprint density at radius 2 is 1.89 bits per heavy atom. The van der Waals surface area contributed by atoms with Gasteiger partial charge in [0.25, 0.3) is 0 Å². The molecule has 0 aromatic heterocycles. The lowest BCUT2D eigenvalue weighted by atomic mass is 10.1. The normalized spacial score (nSPS) is 10.7. The minimum Gasteiger partial charge on any atom is -0.395 e. The molecule has 5 heteroatoms. The summed E-state index contributed by atoms with van der Waals surface area (Å²) in [5, 5.41) is 9.01. The monoisotopic (exact) mass is 265 g/mol. The van der Waals surface area contributed by atoms with E-state index in [4.69, 9.17) is 10.9 Å². The molecule has 5 nitrogen and oxygen atoms in total. The smallest absolute Gasteiger partial charge is 0.238 e. The van der Waals surface area contributed by atoms with Gasteiger partial charge in [-0.1, -0.05) is 31.2 Å². The van der Waals surface area contributed by atoms with Crippen LogP contribution in [0.3, 0.4) is 0 Å². The maximum absolute atomic E-state index is 11.1. The second-order valence-electron chi connectivity index (χ2n) is 4.56. The van der Waals surface area contributed by atoms with E-state index in [1.165, 1.54) is 5.56 Å². The van der Waals surface area contributed by atoms with Crippen molar-refractivity contribution in [2.24, 2.45) is 5.84 Å². The summed E-state index contributed by atoms with van der Waals surface area (Å²) < 4.78 is 0. The van der Waals surface area contributed by atoms with Gasteiger partial charge in [0.1, 0.15) is 0 Å². The van der Waals surface area contributed by atoms with Crippen molar-refractivity contribution in [1.82, 2.24) is 10.3 Å². The zero-order chi connectivity index (χ0) is 14.1. The summed E-state index contributed by atoms with van der Waals surface area (Å²) in [6, 6.07) is 7.90. The maximum atomic E-state index is 11.1. The number of nitrogens with two attached hydrogens (primary N) is 1. The number of hydrazine groups is 1. The van der Waals surface area contributed by atoms with Gasteiger partial charge in [0, 0.05) is 13.1 Å². The second-order valence-corrected chi connectivity index (χ2v) is 4.56. The number of carbonyl (C=O) groups is 1. The molecule has 0 saturated carbocycles. The summed E-state index contributed by atoms with van der Waals surface area (Å²) in [5.74, 6) is 4.86. The molecule has 0 aliphatic heterocycles. The minimum absolute atomic E-state index is 0.175. The van der Waals surface area contributed by atoms with Crippen LogP contribution >= 0.6 is 0 Å². The van der Waals surface area contributed by atoms with E-state index in [9.17, 15) is 4.79 Å². The lowest BCUT2D eigenvalue weighted by Crippen LogP contribution is -2.31. The van der Waals surface area contributed by atoms with Crippen molar-refractivity contribution in [2.75, 3.05) is 19.7 Å². The predicted molar refractivity (Wildman–Crippen MR) is 75.1 cm³/mol. The molecule has 4 N–H and O–H groups in total. The van der Waals surface area contributed by atoms with Gasteiger partial charge in [-0.3, -0.25) is 15.1 Å². The number of amides is 1. The van der Waals surface area contributed by atoms with Crippen LogP contribution in [0.1, 0.15) is 24.5 Å². The van der Waals surface area contributed by atoms with Crippen molar-refractivity contribution >= 4 is 5.91 Å². The summed E-state index contributed by atoms with van der Waals surface area (Å²) in [6.07, 6.45) is 1.36. The van der Waals surface area contributed by atoms with E-state index >= 15 is 0 Å². The van der Waals surface area contributed by atoms with Gasteiger partial charge >= 0.3 is 0 Å². The highest BCUT2D eigenvalue weighted by Crippen LogP contribution is 2.08.